The van der Waals surface area contributed by atoms with Crippen LogP contribution in [0.1, 0.15) is 10.5 Å². The summed E-state index contributed by atoms with van der Waals surface area (Å²) in [5.74, 6) is 1.05. The van der Waals surface area contributed by atoms with Crippen molar-refractivity contribution in [1.82, 2.24) is 15.0 Å². The summed E-state index contributed by atoms with van der Waals surface area (Å²) in [7, 11) is 0. The number of morpholine rings is 1. The van der Waals surface area contributed by atoms with Crippen LogP contribution in [-0.2, 0) is 4.74 Å². The van der Waals surface area contributed by atoms with Crippen LogP contribution in [0, 0.1) is 0 Å². The zero-order chi connectivity index (χ0) is 16.4. The van der Waals surface area contributed by atoms with E-state index in [0.29, 0.717) is 24.7 Å². The van der Waals surface area contributed by atoms with E-state index in [1.54, 1.807) is 6.07 Å². The Labute approximate surface area is 138 Å². The summed E-state index contributed by atoms with van der Waals surface area (Å²) in [6.07, 6.45) is 1.46. The number of anilines is 2. The molecule has 0 bridgehead atoms. The van der Waals surface area contributed by atoms with Crippen molar-refractivity contribution in [3.63, 3.8) is 0 Å². The van der Waals surface area contributed by atoms with Crippen molar-refractivity contribution in [2.24, 2.45) is 0 Å². The van der Waals surface area contributed by atoms with Crippen LogP contribution in [0.5, 0.6) is 0 Å². The SMILES string of the molecule is O=C(Nc1cc(N2CCOCC2)ncn1)c1cc2ccccc2[nH]1. The van der Waals surface area contributed by atoms with Gasteiger partial charge in [-0.15, -0.1) is 0 Å². The molecular weight excluding hydrogens is 306 g/mol. The second-order valence-electron chi connectivity index (χ2n) is 5.59. The summed E-state index contributed by atoms with van der Waals surface area (Å²) < 4.78 is 5.34. The molecular formula is C17H17N5O2. The average Bonchev–Trinajstić information content (AvgIpc) is 3.07. The Kier molecular flexibility index (Phi) is 3.84. The summed E-state index contributed by atoms with van der Waals surface area (Å²) in [5.41, 5.74) is 1.43. The van der Waals surface area contributed by atoms with Gasteiger partial charge in [-0.1, -0.05) is 18.2 Å². The first-order valence-corrected chi connectivity index (χ1v) is 7.83. The highest BCUT2D eigenvalue weighted by molar-refractivity contribution is 6.05. The van der Waals surface area contributed by atoms with Gasteiger partial charge in [0.2, 0.25) is 0 Å². The molecule has 0 saturated carbocycles. The molecule has 0 radical (unpaired) electrons. The molecule has 2 aromatic heterocycles. The molecule has 3 heterocycles. The highest BCUT2D eigenvalue weighted by Crippen LogP contribution is 2.18. The number of ether oxygens (including phenoxy) is 1. The number of hydrogen-bond acceptors (Lipinski definition) is 5. The van der Waals surface area contributed by atoms with E-state index in [-0.39, 0.29) is 5.91 Å². The summed E-state index contributed by atoms with van der Waals surface area (Å²) in [6, 6.07) is 11.4. The third kappa shape index (κ3) is 2.93. The maximum atomic E-state index is 12.4. The lowest BCUT2D eigenvalue weighted by Crippen LogP contribution is -2.36. The normalized spacial score (nSPS) is 14.8. The van der Waals surface area contributed by atoms with E-state index in [1.807, 2.05) is 30.3 Å². The number of aromatic amines is 1. The maximum absolute atomic E-state index is 12.4. The zero-order valence-corrected chi connectivity index (χ0v) is 13.0. The largest absolute Gasteiger partial charge is 0.378 e. The van der Waals surface area contributed by atoms with Crippen molar-refractivity contribution in [2.75, 3.05) is 36.5 Å². The van der Waals surface area contributed by atoms with Gasteiger partial charge in [-0.3, -0.25) is 4.79 Å². The standard InChI is InChI=1S/C17H17N5O2/c23-17(14-9-12-3-1-2-4-13(12)20-14)21-15-10-16(19-11-18-15)22-5-7-24-8-6-22/h1-4,9-11,20H,5-8H2,(H,18,19,21,23). The topological polar surface area (TPSA) is 83.1 Å². The zero-order valence-electron chi connectivity index (χ0n) is 13.0. The summed E-state index contributed by atoms with van der Waals surface area (Å²) >= 11 is 0. The number of amides is 1. The number of hydrogen-bond donors (Lipinski definition) is 2. The lowest BCUT2D eigenvalue weighted by Gasteiger charge is -2.27. The molecule has 7 nitrogen and oxygen atoms in total. The number of nitrogens with zero attached hydrogens (tertiary/aromatic N) is 3. The van der Waals surface area contributed by atoms with Gasteiger partial charge in [0.25, 0.3) is 5.91 Å². The predicted octanol–water partition coefficient (Wildman–Crippen LogP) is 2.05. The molecule has 0 spiro atoms. The fourth-order valence-corrected chi connectivity index (χ4v) is 2.76. The summed E-state index contributed by atoms with van der Waals surface area (Å²) in [6.45, 7) is 2.93. The van der Waals surface area contributed by atoms with Crippen LogP contribution in [0.2, 0.25) is 0 Å². The van der Waals surface area contributed by atoms with Crippen LogP contribution in [0.25, 0.3) is 10.9 Å². The summed E-state index contributed by atoms with van der Waals surface area (Å²) in [4.78, 5) is 26.1. The van der Waals surface area contributed by atoms with Crippen LogP contribution < -0.4 is 10.2 Å². The third-order valence-electron chi connectivity index (χ3n) is 4.00. The van der Waals surface area contributed by atoms with Gasteiger partial charge in [-0.05, 0) is 12.1 Å². The second-order valence-corrected chi connectivity index (χ2v) is 5.59. The number of nitrogens with one attached hydrogen (secondary N) is 2. The Balaban J connectivity index is 1.52. The molecule has 0 unspecified atom stereocenters. The number of fused-ring (bicyclic) bond motifs is 1. The van der Waals surface area contributed by atoms with E-state index < -0.39 is 0 Å². The lowest BCUT2D eigenvalue weighted by molar-refractivity contribution is 0.102. The van der Waals surface area contributed by atoms with Crippen molar-refractivity contribution < 1.29 is 9.53 Å². The average molecular weight is 323 g/mol. The molecule has 4 rings (SSSR count). The molecule has 0 aliphatic carbocycles. The minimum Gasteiger partial charge on any atom is -0.378 e. The first-order valence-electron chi connectivity index (χ1n) is 7.83. The molecule has 1 fully saturated rings. The molecule has 1 aromatic carbocycles. The first kappa shape index (κ1) is 14.6. The highest BCUT2D eigenvalue weighted by Gasteiger charge is 2.15. The Morgan fingerprint density at radius 1 is 1.17 bits per heavy atom. The molecule has 1 aliphatic rings. The molecule has 3 aromatic rings. The predicted molar refractivity (Wildman–Crippen MR) is 91.3 cm³/mol. The van der Waals surface area contributed by atoms with Crippen molar-refractivity contribution in [3.05, 3.63) is 48.4 Å². The monoisotopic (exact) mass is 323 g/mol. The fourth-order valence-electron chi connectivity index (χ4n) is 2.76. The molecule has 1 aliphatic heterocycles. The molecule has 1 saturated heterocycles. The molecule has 0 atom stereocenters. The van der Waals surface area contributed by atoms with E-state index in [2.05, 4.69) is 25.2 Å². The Hall–Kier alpha value is -2.93. The van der Waals surface area contributed by atoms with Gasteiger partial charge < -0.3 is 19.9 Å². The first-order chi connectivity index (χ1) is 11.8. The maximum Gasteiger partial charge on any atom is 0.273 e. The smallest absolute Gasteiger partial charge is 0.273 e. The van der Waals surface area contributed by atoms with Crippen LogP contribution in [-0.4, -0.2) is 47.2 Å². The number of para-hydroxylation sites is 1. The van der Waals surface area contributed by atoms with Gasteiger partial charge in [-0.25, -0.2) is 9.97 Å². The number of aromatic nitrogens is 3. The van der Waals surface area contributed by atoms with Gasteiger partial charge in [0.05, 0.1) is 13.2 Å². The number of benzene rings is 1. The Bertz CT molecular complexity index is 837. The number of rotatable bonds is 3. The van der Waals surface area contributed by atoms with E-state index >= 15 is 0 Å². The van der Waals surface area contributed by atoms with E-state index in [0.717, 1.165) is 29.8 Å². The molecule has 7 heteroatoms. The van der Waals surface area contributed by atoms with Gasteiger partial charge in [0.1, 0.15) is 23.7 Å². The minimum atomic E-state index is -0.224. The van der Waals surface area contributed by atoms with Gasteiger partial charge in [-0.2, -0.15) is 0 Å². The van der Waals surface area contributed by atoms with Crippen molar-refractivity contribution in [3.8, 4) is 0 Å². The molecule has 122 valence electrons. The molecule has 24 heavy (non-hydrogen) atoms. The Morgan fingerprint density at radius 3 is 2.83 bits per heavy atom. The van der Waals surface area contributed by atoms with Gasteiger partial charge in [0.15, 0.2) is 0 Å². The van der Waals surface area contributed by atoms with Crippen LogP contribution >= 0.6 is 0 Å². The van der Waals surface area contributed by atoms with Gasteiger partial charge >= 0.3 is 0 Å². The van der Waals surface area contributed by atoms with Crippen LogP contribution in [0.15, 0.2) is 42.7 Å². The van der Waals surface area contributed by atoms with Crippen molar-refractivity contribution in [2.45, 2.75) is 0 Å². The second kappa shape index (κ2) is 6.29. The summed E-state index contributed by atoms with van der Waals surface area (Å²) in [5, 5.41) is 3.82. The highest BCUT2D eigenvalue weighted by atomic mass is 16.5. The van der Waals surface area contributed by atoms with Crippen LogP contribution in [0.3, 0.4) is 0 Å². The third-order valence-corrected chi connectivity index (χ3v) is 4.00. The number of carbonyl (C=O) groups is 1. The quantitative estimate of drug-likeness (QED) is 0.771. The van der Waals surface area contributed by atoms with Gasteiger partial charge in [0, 0.05) is 30.1 Å². The lowest BCUT2D eigenvalue weighted by atomic mass is 10.2. The minimum absolute atomic E-state index is 0.224. The van der Waals surface area contributed by atoms with E-state index in [4.69, 9.17) is 4.74 Å². The van der Waals surface area contributed by atoms with Crippen LogP contribution in [0.4, 0.5) is 11.6 Å². The molecule has 1 amide bonds. The van der Waals surface area contributed by atoms with Crippen molar-refractivity contribution >= 4 is 28.4 Å². The Morgan fingerprint density at radius 2 is 2.00 bits per heavy atom. The molecule has 2 N–H and O–H groups in total. The fraction of sp³-hybridized carbons (Fsp3) is 0.235. The van der Waals surface area contributed by atoms with E-state index in [9.17, 15) is 4.79 Å². The van der Waals surface area contributed by atoms with E-state index in [1.165, 1.54) is 6.33 Å². The number of carbonyl (C=O) groups excluding carboxylic acids is 1. The van der Waals surface area contributed by atoms with Crippen molar-refractivity contribution in [1.29, 1.82) is 0 Å². The number of H-pyrrole nitrogens is 1.